The Morgan fingerprint density at radius 3 is 2.30 bits per heavy atom. The Morgan fingerprint density at radius 1 is 1.04 bits per heavy atom. The fraction of sp³-hybridized carbons (Fsp3) is 0.667. The van der Waals surface area contributed by atoms with E-state index in [0.29, 0.717) is 12.0 Å². The number of rotatable bonds is 5. The SMILES string of the molecule is COc1cc(CN2C[C@H](C)[C@@H](N3CCOCC3)C2)cc(OC)c1. The zero-order chi connectivity index (χ0) is 16.2. The highest BCUT2D eigenvalue weighted by atomic mass is 16.5. The summed E-state index contributed by atoms with van der Waals surface area (Å²) in [5.41, 5.74) is 1.25. The zero-order valence-electron chi connectivity index (χ0n) is 14.5. The van der Waals surface area contributed by atoms with Crippen LogP contribution in [-0.2, 0) is 11.3 Å². The van der Waals surface area contributed by atoms with E-state index in [2.05, 4.69) is 28.9 Å². The lowest BCUT2D eigenvalue weighted by atomic mass is 10.0. The summed E-state index contributed by atoms with van der Waals surface area (Å²) < 4.78 is 16.2. The van der Waals surface area contributed by atoms with Crippen molar-refractivity contribution in [1.82, 2.24) is 9.80 Å². The summed E-state index contributed by atoms with van der Waals surface area (Å²) in [7, 11) is 3.40. The van der Waals surface area contributed by atoms with Crippen molar-refractivity contribution in [2.24, 2.45) is 5.92 Å². The van der Waals surface area contributed by atoms with Crippen LogP contribution in [0.5, 0.6) is 11.5 Å². The summed E-state index contributed by atoms with van der Waals surface area (Å²) >= 11 is 0. The van der Waals surface area contributed by atoms with Crippen LogP contribution in [0.25, 0.3) is 0 Å². The third-order valence-electron chi connectivity index (χ3n) is 4.98. The molecule has 2 aliphatic heterocycles. The molecular weight excluding hydrogens is 292 g/mol. The van der Waals surface area contributed by atoms with Crippen molar-refractivity contribution in [3.05, 3.63) is 23.8 Å². The Morgan fingerprint density at radius 2 is 1.70 bits per heavy atom. The number of likely N-dealkylation sites (tertiary alicyclic amines) is 1. The molecule has 0 aliphatic carbocycles. The van der Waals surface area contributed by atoms with E-state index in [1.54, 1.807) is 14.2 Å². The number of benzene rings is 1. The molecule has 2 aliphatic rings. The lowest BCUT2D eigenvalue weighted by molar-refractivity contribution is 0.0118. The van der Waals surface area contributed by atoms with Crippen molar-refractivity contribution < 1.29 is 14.2 Å². The molecule has 2 atom stereocenters. The first-order chi connectivity index (χ1) is 11.2. The second-order valence-electron chi connectivity index (χ2n) is 6.61. The first-order valence-corrected chi connectivity index (χ1v) is 8.45. The van der Waals surface area contributed by atoms with Crippen molar-refractivity contribution in [1.29, 1.82) is 0 Å². The van der Waals surface area contributed by atoms with Crippen LogP contribution in [0, 0.1) is 5.92 Å². The molecule has 3 rings (SSSR count). The van der Waals surface area contributed by atoms with Crippen LogP contribution < -0.4 is 9.47 Å². The molecule has 5 heteroatoms. The van der Waals surface area contributed by atoms with Gasteiger partial charge in [0.15, 0.2) is 0 Å². The molecule has 0 amide bonds. The van der Waals surface area contributed by atoms with Crippen molar-refractivity contribution in [3.8, 4) is 11.5 Å². The molecule has 5 nitrogen and oxygen atoms in total. The van der Waals surface area contributed by atoms with Crippen LogP contribution in [-0.4, -0.2) is 69.5 Å². The molecule has 2 heterocycles. The molecule has 2 fully saturated rings. The highest BCUT2D eigenvalue weighted by Crippen LogP contribution is 2.27. The van der Waals surface area contributed by atoms with Gasteiger partial charge in [-0.25, -0.2) is 0 Å². The molecule has 0 unspecified atom stereocenters. The molecule has 0 spiro atoms. The van der Waals surface area contributed by atoms with Gasteiger partial charge in [-0.05, 0) is 23.6 Å². The Kier molecular flexibility index (Phi) is 5.41. The minimum atomic E-state index is 0.645. The minimum Gasteiger partial charge on any atom is -0.497 e. The predicted molar refractivity (Wildman–Crippen MR) is 90.2 cm³/mol. The van der Waals surface area contributed by atoms with Crippen molar-refractivity contribution >= 4 is 0 Å². The van der Waals surface area contributed by atoms with Gasteiger partial charge in [0.2, 0.25) is 0 Å². The maximum atomic E-state index is 5.48. The standard InChI is InChI=1S/C18H28N2O3/c1-14-11-19(13-18(14)20-4-6-23-7-5-20)12-15-8-16(21-2)10-17(9-15)22-3/h8-10,14,18H,4-7,11-13H2,1-3H3/t14-,18-/m0/s1. The van der Waals surface area contributed by atoms with E-state index in [1.807, 2.05) is 6.07 Å². The Bertz CT molecular complexity index is 495. The first-order valence-electron chi connectivity index (χ1n) is 8.45. The Hall–Kier alpha value is -1.30. The monoisotopic (exact) mass is 320 g/mol. The second kappa shape index (κ2) is 7.51. The van der Waals surface area contributed by atoms with E-state index in [4.69, 9.17) is 14.2 Å². The summed E-state index contributed by atoms with van der Waals surface area (Å²) in [4.78, 5) is 5.14. The molecule has 0 N–H and O–H groups in total. The summed E-state index contributed by atoms with van der Waals surface area (Å²) in [6.07, 6.45) is 0. The molecular formula is C18H28N2O3. The molecule has 0 aromatic heterocycles. The smallest absolute Gasteiger partial charge is 0.122 e. The molecule has 128 valence electrons. The maximum Gasteiger partial charge on any atom is 0.122 e. The lowest BCUT2D eigenvalue weighted by Gasteiger charge is -2.34. The molecule has 1 aromatic rings. The highest BCUT2D eigenvalue weighted by Gasteiger charge is 2.34. The fourth-order valence-corrected chi connectivity index (χ4v) is 3.78. The molecule has 0 bridgehead atoms. The van der Waals surface area contributed by atoms with Crippen molar-refractivity contribution in [2.45, 2.75) is 19.5 Å². The van der Waals surface area contributed by atoms with E-state index in [1.165, 1.54) is 5.56 Å². The third-order valence-corrected chi connectivity index (χ3v) is 4.98. The summed E-state index contributed by atoms with van der Waals surface area (Å²) in [6, 6.07) is 6.78. The number of morpholine rings is 1. The van der Waals surface area contributed by atoms with Gasteiger partial charge in [-0.15, -0.1) is 0 Å². The van der Waals surface area contributed by atoms with Crippen LogP contribution in [0.3, 0.4) is 0 Å². The van der Waals surface area contributed by atoms with Gasteiger partial charge in [0.25, 0.3) is 0 Å². The number of hydrogen-bond acceptors (Lipinski definition) is 5. The predicted octanol–water partition coefficient (Wildman–Crippen LogP) is 1.86. The quantitative estimate of drug-likeness (QED) is 0.827. The first kappa shape index (κ1) is 16.6. The summed E-state index contributed by atoms with van der Waals surface area (Å²) in [6.45, 7) is 9.45. The van der Waals surface area contributed by atoms with E-state index >= 15 is 0 Å². The lowest BCUT2D eigenvalue weighted by Crippen LogP contribution is -2.46. The topological polar surface area (TPSA) is 34.2 Å². The van der Waals surface area contributed by atoms with Gasteiger partial charge in [0.1, 0.15) is 11.5 Å². The highest BCUT2D eigenvalue weighted by molar-refractivity contribution is 5.38. The Balaban J connectivity index is 1.64. The minimum absolute atomic E-state index is 0.645. The van der Waals surface area contributed by atoms with Gasteiger partial charge in [-0.2, -0.15) is 0 Å². The number of methoxy groups -OCH3 is 2. The molecule has 0 saturated carbocycles. The van der Waals surface area contributed by atoms with Gasteiger partial charge in [-0.3, -0.25) is 9.80 Å². The largest absolute Gasteiger partial charge is 0.497 e. The fourth-order valence-electron chi connectivity index (χ4n) is 3.78. The molecule has 1 aromatic carbocycles. The van der Waals surface area contributed by atoms with Crippen LogP contribution >= 0.6 is 0 Å². The van der Waals surface area contributed by atoms with E-state index in [9.17, 15) is 0 Å². The average Bonchev–Trinajstić information content (AvgIpc) is 2.95. The van der Waals surface area contributed by atoms with Gasteiger partial charge in [-0.1, -0.05) is 6.92 Å². The summed E-state index contributed by atoms with van der Waals surface area (Å²) in [5.74, 6) is 2.41. The average molecular weight is 320 g/mol. The van der Waals surface area contributed by atoms with E-state index < -0.39 is 0 Å². The maximum absolute atomic E-state index is 5.48. The van der Waals surface area contributed by atoms with Crippen molar-refractivity contribution in [2.75, 3.05) is 53.6 Å². The van der Waals surface area contributed by atoms with Crippen LogP contribution in [0.15, 0.2) is 18.2 Å². The normalized spacial score (nSPS) is 26.4. The van der Waals surface area contributed by atoms with E-state index in [-0.39, 0.29) is 0 Å². The number of hydrogen-bond donors (Lipinski definition) is 0. The zero-order valence-corrected chi connectivity index (χ0v) is 14.5. The molecule has 0 radical (unpaired) electrons. The van der Waals surface area contributed by atoms with Gasteiger partial charge in [0, 0.05) is 44.8 Å². The van der Waals surface area contributed by atoms with Crippen LogP contribution in [0.1, 0.15) is 12.5 Å². The second-order valence-corrected chi connectivity index (χ2v) is 6.61. The third kappa shape index (κ3) is 3.97. The van der Waals surface area contributed by atoms with Crippen LogP contribution in [0.2, 0.25) is 0 Å². The summed E-state index contributed by atoms with van der Waals surface area (Å²) in [5, 5.41) is 0. The number of ether oxygens (including phenoxy) is 3. The Labute approximate surface area is 139 Å². The van der Waals surface area contributed by atoms with Gasteiger partial charge in [0.05, 0.1) is 27.4 Å². The van der Waals surface area contributed by atoms with E-state index in [0.717, 1.165) is 57.4 Å². The molecule has 2 saturated heterocycles. The molecule has 23 heavy (non-hydrogen) atoms. The van der Waals surface area contributed by atoms with Crippen LogP contribution in [0.4, 0.5) is 0 Å². The number of nitrogens with zero attached hydrogens (tertiary/aromatic N) is 2. The van der Waals surface area contributed by atoms with Gasteiger partial charge >= 0.3 is 0 Å². The van der Waals surface area contributed by atoms with Crippen molar-refractivity contribution in [3.63, 3.8) is 0 Å². The van der Waals surface area contributed by atoms with Gasteiger partial charge < -0.3 is 14.2 Å².